The first-order chi connectivity index (χ1) is 10.8. The number of hydrogen-bond donors (Lipinski definition) is 1. The van der Waals surface area contributed by atoms with Crippen LogP contribution in [0.1, 0.15) is 46.0 Å². The van der Waals surface area contributed by atoms with Gasteiger partial charge >= 0.3 is 29.9 Å². The summed E-state index contributed by atoms with van der Waals surface area (Å²) in [6, 6.07) is 0. The Labute approximate surface area is 136 Å². The van der Waals surface area contributed by atoms with Gasteiger partial charge in [-0.2, -0.15) is 48.3 Å². The second kappa shape index (κ2) is 7.07. The number of halogens is 11. The maximum absolute atomic E-state index is 13.7. The molecule has 0 rings (SSSR count). The molecule has 0 aliphatic rings. The van der Waals surface area contributed by atoms with Crippen LogP contribution in [0.5, 0.6) is 0 Å². The van der Waals surface area contributed by atoms with Gasteiger partial charge in [-0.05, 0) is 13.3 Å². The van der Waals surface area contributed by atoms with E-state index in [0.717, 1.165) is 0 Å². The predicted octanol–water partition coefficient (Wildman–Crippen LogP) is 5.81. The van der Waals surface area contributed by atoms with Gasteiger partial charge < -0.3 is 5.11 Å². The van der Waals surface area contributed by atoms with Gasteiger partial charge in [-0.1, -0.05) is 32.6 Å². The molecule has 0 bridgehead atoms. The summed E-state index contributed by atoms with van der Waals surface area (Å²) >= 11 is 0. The highest BCUT2D eigenvalue weighted by molar-refractivity contribution is 5.11. The Morgan fingerprint density at radius 1 is 0.600 bits per heavy atom. The Balaban J connectivity index is 5.79. The van der Waals surface area contributed by atoms with Gasteiger partial charge in [0.25, 0.3) is 0 Å². The lowest BCUT2D eigenvalue weighted by molar-refractivity contribution is -0.435. The fourth-order valence-electron chi connectivity index (χ4n) is 1.96. The van der Waals surface area contributed by atoms with Crippen LogP contribution in [0, 0.1) is 0 Å². The van der Waals surface area contributed by atoms with Gasteiger partial charge in [-0.15, -0.1) is 0 Å². The van der Waals surface area contributed by atoms with E-state index in [-0.39, 0.29) is 19.8 Å². The summed E-state index contributed by atoms with van der Waals surface area (Å²) in [7, 11) is 0. The molecule has 1 unspecified atom stereocenters. The third kappa shape index (κ3) is 3.97. The van der Waals surface area contributed by atoms with Crippen molar-refractivity contribution < 1.29 is 53.4 Å². The number of alkyl halides is 11. The molecule has 0 aromatic carbocycles. The van der Waals surface area contributed by atoms with Gasteiger partial charge in [0.2, 0.25) is 0 Å². The molecular weight excluding hydrogens is 381 g/mol. The van der Waals surface area contributed by atoms with E-state index in [2.05, 4.69) is 0 Å². The standard InChI is InChI=1S/C13H17F11O/c1-3-4-5-6-7-8(2,25)9(14,15)10(16,17)11(18,19)12(20,21)13(22,23)24/h25H,3-7H2,1-2H3. The molecule has 1 nitrogen and oxygen atoms in total. The fourth-order valence-corrected chi connectivity index (χ4v) is 1.96. The van der Waals surface area contributed by atoms with Crippen molar-refractivity contribution in [3.05, 3.63) is 0 Å². The fraction of sp³-hybridized carbons (Fsp3) is 1.00. The SMILES string of the molecule is CCCCCCC(C)(O)C(F)(F)C(F)(F)C(F)(F)C(F)(F)C(F)(F)F. The van der Waals surface area contributed by atoms with Gasteiger partial charge in [-0.25, -0.2) is 0 Å². The minimum Gasteiger partial charge on any atom is -0.384 e. The summed E-state index contributed by atoms with van der Waals surface area (Å²) in [5.74, 6) is -28.4. The van der Waals surface area contributed by atoms with E-state index in [9.17, 15) is 53.4 Å². The van der Waals surface area contributed by atoms with E-state index < -0.39 is 41.9 Å². The zero-order valence-electron chi connectivity index (χ0n) is 13.1. The second-order valence-corrected chi connectivity index (χ2v) is 5.88. The summed E-state index contributed by atoms with van der Waals surface area (Å²) in [5.41, 5.74) is -3.94. The topological polar surface area (TPSA) is 20.2 Å². The van der Waals surface area contributed by atoms with Gasteiger partial charge in [0.1, 0.15) is 5.60 Å². The predicted molar refractivity (Wildman–Crippen MR) is 65.2 cm³/mol. The average molecular weight is 398 g/mol. The highest BCUT2D eigenvalue weighted by Gasteiger charge is 2.89. The smallest absolute Gasteiger partial charge is 0.384 e. The van der Waals surface area contributed by atoms with Crippen LogP contribution in [0.2, 0.25) is 0 Å². The van der Waals surface area contributed by atoms with Crippen molar-refractivity contribution in [1.82, 2.24) is 0 Å². The monoisotopic (exact) mass is 398 g/mol. The zero-order chi connectivity index (χ0) is 20.5. The Kier molecular flexibility index (Phi) is 6.84. The van der Waals surface area contributed by atoms with Crippen LogP contribution in [0.3, 0.4) is 0 Å². The molecule has 0 aromatic rings. The van der Waals surface area contributed by atoms with Crippen molar-refractivity contribution in [3.8, 4) is 0 Å². The Bertz CT molecular complexity index is 440. The van der Waals surface area contributed by atoms with Crippen molar-refractivity contribution in [2.75, 3.05) is 0 Å². The maximum atomic E-state index is 13.7. The van der Waals surface area contributed by atoms with Gasteiger partial charge in [-0.3, -0.25) is 0 Å². The lowest BCUT2D eigenvalue weighted by Gasteiger charge is -2.42. The van der Waals surface area contributed by atoms with Crippen LogP contribution >= 0.6 is 0 Å². The Morgan fingerprint density at radius 2 is 1.00 bits per heavy atom. The quantitative estimate of drug-likeness (QED) is 0.384. The maximum Gasteiger partial charge on any atom is 0.460 e. The minimum atomic E-state index is -7.49. The van der Waals surface area contributed by atoms with Crippen LogP contribution in [0.25, 0.3) is 0 Å². The molecule has 0 aliphatic heterocycles. The molecule has 1 N–H and O–H groups in total. The largest absolute Gasteiger partial charge is 0.460 e. The van der Waals surface area contributed by atoms with Crippen LogP contribution in [0.4, 0.5) is 48.3 Å². The van der Waals surface area contributed by atoms with Crippen LogP contribution in [0.15, 0.2) is 0 Å². The van der Waals surface area contributed by atoms with E-state index in [0.29, 0.717) is 12.8 Å². The summed E-state index contributed by atoms with van der Waals surface area (Å²) in [6.45, 7) is 1.66. The molecule has 25 heavy (non-hydrogen) atoms. The highest BCUT2D eigenvalue weighted by atomic mass is 19.4. The molecule has 0 radical (unpaired) electrons. The second-order valence-electron chi connectivity index (χ2n) is 5.88. The number of rotatable bonds is 9. The molecule has 0 aliphatic carbocycles. The number of hydrogen-bond acceptors (Lipinski definition) is 1. The first-order valence-electron chi connectivity index (χ1n) is 7.11. The van der Waals surface area contributed by atoms with E-state index in [1.807, 2.05) is 0 Å². The lowest BCUT2D eigenvalue weighted by atomic mass is 9.83. The van der Waals surface area contributed by atoms with Crippen molar-refractivity contribution in [3.63, 3.8) is 0 Å². The first kappa shape index (κ1) is 24.2. The molecular formula is C13H17F11O. The van der Waals surface area contributed by atoms with Gasteiger partial charge in [0.15, 0.2) is 0 Å². The number of aliphatic hydroxyl groups is 1. The van der Waals surface area contributed by atoms with Crippen LogP contribution in [-0.4, -0.2) is 40.6 Å². The molecule has 0 amide bonds. The lowest BCUT2D eigenvalue weighted by Crippen LogP contribution is -2.71. The third-order valence-corrected chi connectivity index (χ3v) is 3.73. The van der Waals surface area contributed by atoms with Crippen molar-refractivity contribution >= 4 is 0 Å². The normalized spacial score (nSPS) is 17.5. The molecule has 0 fully saturated rings. The van der Waals surface area contributed by atoms with E-state index in [1.54, 1.807) is 6.92 Å². The molecule has 1 atom stereocenters. The molecule has 152 valence electrons. The summed E-state index contributed by atoms with van der Waals surface area (Å²) in [5, 5.41) is 9.42. The first-order valence-corrected chi connectivity index (χ1v) is 7.11. The summed E-state index contributed by atoms with van der Waals surface area (Å²) in [6.07, 6.45) is -7.66. The Hall–Kier alpha value is -0.810. The molecule has 0 saturated carbocycles. The molecule has 0 heterocycles. The van der Waals surface area contributed by atoms with Gasteiger partial charge in [0, 0.05) is 0 Å². The zero-order valence-corrected chi connectivity index (χ0v) is 13.1. The third-order valence-electron chi connectivity index (χ3n) is 3.73. The Morgan fingerprint density at radius 3 is 1.36 bits per heavy atom. The van der Waals surface area contributed by atoms with Crippen LogP contribution < -0.4 is 0 Å². The van der Waals surface area contributed by atoms with Gasteiger partial charge in [0.05, 0.1) is 0 Å². The van der Waals surface area contributed by atoms with E-state index in [1.165, 1.54) is 0 Å². The van der Waals surface area contributed by atoms with Crippen molar-refractivity contribution in [1.29, 1.82) is 0 Å². The number of unbranched alkanes of at least 4 members (excludes halogenated alkanes) is 3. The summed E-state index contributed by atoms with van der Waals surface area (Å²) < 4.78 is 142. The van der Waals surface area contributed by atoms with E-state index >= 15 is 0 Å². The molecule has 12 heteroatoms. The average Bonchev–Trinajstić information content (AvgIpc) is 2.41. The minimum absolute atomic E-state index is 0.0192. The van der Waals surface area contributed by atoms with Crippen molar-refractivity contribution in [2.45, 2.75) is 81.4 Å². The molecule has 0 aromatic heterocycles. The van der Waals surface area contributed by atoms with Crippen LogP contribution in [-0.2, 0) is 0 Å². The molecule has 0 spiro atoms. The summed E-state index contributed by atoms with van der Waals surface area (Å²) in [4.78, 5) is 0. The van der Waals surface area contributed by atoms with Crippen molar-refractivity contribution in [2.24, 2.45) is 0 Å². The van der Waals surface area contributed by atoms with E-state index in [4.69, 9.17) is 0 Å². The highest BCUT2D eigenvalue weighted by Crippen LogP contribution is 2.59. The molecule has 0 saturated heterocycles.